The van der Waals surface area contributed by atoms with Crippen LogP contribution in [0.2, 0.25) is 0 Å². The third-order valence-corrected chi connectivity index (χ3v) is 6.61. The molecule has 0 bridgehead atoms. The lowest BCUT2D eigenvalue weighted by Crippen LogP contribution is -2.37. The molecule has 2 aliphatic rings. The van der Waals surface area contributed by atoms with Crippen molar-refractivity contribution < 1.29 is 28.6 Å². The Morgan fingerprint density at radius 3 is 2.34 bits per heavy atom. The SMILES string of the molecule is COc1ccc(CCN2C(=O)N[C@H](CCC(=O)N3CCc4cc(OC)c(OC)cc4C3)C2=O)cc1. The molecule has 0 aliphatic carbocycles. The van der Waals surface area contributed by atoms with Crippen LogP contribution in [0.3, 0.4) is 0 Å². The number of fused-ring (bicyclic) bond motifs is 1. The minimum Gasteiger partial charge on any atom is -0.497 e. The normalized spacial score (nSPS) is 17.2. The topological polar surface area (TPSA) is 97.4 Å². The summed E-state index contributed by atoms with van der Waals surface area (Å²) in [7, 11) is 4.79. The summed E-state index contributed by atoms with van der Waals surface area (Å²) in [5.74, 6) is 1.75. The van der Waals surface area contributed by atoms with Gasteiger partial charge < -0.3 is 24.4 Å². The molecule has 0 aromatic heterocycles. The highest BCUT2D eigenvalue weighted by molar-refractivity contribution is 6.04. The first kappa shape index (κ1) is 24.4. The highest BCUT2D eigenvalue weighted by atomic mass is 16.5. The van der Waals surface area contributed by atoms with E-state index in [0.717, 1.165) is 28.9 Å². The average molecular weight is 482 g/mol. The van der Waals surface area contributed by atoms with Crippen molar-refractivity contribution in [2.24, 2.45) is 0 Å². The quantitative estimate of drug-likeness (QED) is 0.553. The van der Waals surface area contributed by atoms with Crippen LogP contribution in [0.5, 0.6) is 17.2 Å². The van der Waals surface area contributed by atoms with Crippen LogP contribution >= 0.6 is 0 Å². The summed E-state index contributed by atoms with van der Waals surface area (Å²) in [5.41, 5.74) is 3.17. The fourth-order valence-electron chi connectivity index (χ4n) is 4.54. The second-order valence-corrected chi connectivity index (χ2v) is 8.67. The molecule has 186 valence electrons. The lowest BCUT2D eigenvalue weighted by Gasteiger charge is -2.30. The lowest BCUT2D eigenvalue weighted by atomic mass is 9.98. The highest BCUT2D eigenvalue weighted by Crippen LogP contribution is 2.33. The van der Waals surface area contributed by atoms with Crippen LogP contribution in [0.25, 0.3) is 0 Å². The molecular weight excluding hydrogens is 450 g/mol. The first-order valence-corrected chi connectivity index (χ1v) is 11.7. The maximum Gasteiger partial charge on any atom is 0.324 e. The van der Waals surface area contributed by atoms with Crippen LogP contribution in [0.4, 0.5) is 4.79 Å². The van der Waals surface area contributed by atoms with Crippen LogP contribution in [-0.2, 0) is 29.0 Å². The first-order chi connectivity index (χ1) is 16.9. The molecule has 0 saturated carbocycles. The Hall–Kier alpha value is -3.75. The van der Waals surface area contributed by atoms with E-state index in [2.05, 4.69) is 5.32 Å². The van der Waals surface area contributed by atoms with E-state index in [-0.39, 0.29) is 31.2 Å². The Morgan fingerprint density at radius 2 is 1.69 bits per heavy atom. The number of rotatable bonds is 9. The molecule has 0 unspecified atom stereocenters. The van der Waals surface area contributed by atoms with E-state index in [1.165, 1.54) is 4.90 Å². The molecular formula is C26H31N3O6. The number of ether oxygens (including phenoxy) is 3. The minimum atomic E-state index is -0.677. The summed E-state index contributed by atoms with van der Waals surface area (Å²) in [6.45, 7) is 1.36. The molecule has 2 aliphatic heterocycles. The summed E-state index contributed by atoms with van der Waals surface area (Å²) in [6, 6.07) is 10.3. The number of nitrogens with one attached hydrogen (secondary N) is 1. The van der Waals surface area contributed by atoms with E-state index in [1.807, 2.05) is 36.4 Å². The zero-order valence-corrected chi connectivity index (χ0v) is 20.3. The van der Waals surface area contributed by atoms with Gasteiger partial charge in [0.1, 0.15) is 11.8 Å². The third kappa shape index (κ3) is 5.34. The van der Waals surface area contributed by atoms with Crippen LogP contribution in [-0.4, -0.2) is 68.1 Å². The number of benzene rings is 2. The maximum absolute atomic E-state index is 12.9. The molecule has 0 radical (unpaired) electrons. The number of carbonyl (C=O) groups is 3. The summed E-state index contributed by atoms with van der Waals surface area (Å²) < 4.78 is 15.9. The van der Waals surface area contributed by atoms with Gasteiger partial charge in [-0.05, 0) is 60.2 Å². The highest BCUT2D eigenvalue weighted by Gasteiger charge is 2.38. The Bertz CT molecular complexity index is 1100. The number of nitrogens with zero attached hydrogens (tertiary/aromatic N) is 2. The van der Waals surface area contributed by atoms with Gasteiger partial charge in [0.2, 0.25) is 5.91 Å². The standard InChI is InChI=1S/C26H31N3O6/c1-33-20-6-4-17(5-7-20)10-13-29-25(31)21(27-26(29)32)8-9-24(30)28-12-11-18-14-22(34-2)23(35-3)15-19(18)16-28/h4-7,14-15,21H,8-13,16H2,1-3H3,(H,27,32)/t21-/m1/s1. The van der Waals surface area contributed by atoms with Crippen molar-refractivity contribution in [3.8, 4) is 17.2 Å². The number of hydrogen-bond acceptors (Lipinski definition) is 6. The molecule has 1 atom stereocenters. The zero-order valence-electron chi connectivity index (χ0n) is 20.3. The summed E-state index contributed by atoms with van der Waals surface area (Å²) in [6.07, 6.45) is 1.74. The Balaban J connectivity index is 1.29. The zero-order chi connectivity index (χ0) is 24.9. The monoisotopic (exact) mass is 481 g/mol. The third-order valence-electron chi connectivity index (χ3n) is 6.61. The van der Waals surface area contributed by atoms with E-state index in [0.29, 0.717) is 31.0 Å². The molecule has 1 fully saturated rings. The van der Waals surface area contributed by atoms with Gasteiger partial charge in [-0.1, -0.05) is 12.1 Å². The van der Waals surface area contributed by atoms with Gasteiger partial charge in [-0.3, -0.25) is 14.5 Å². The number of carbonyl (C=O) groups excluding carboxylic acids is 3. The number of hydrogen-bond donors (Lipinski definition) is 1. The molecule has 35 heavy (non-hydrogen) atoms. The molecule has 9 heteroatoms. The predicted molar refractivity (Wildman–Crippen MR) is 129 cm³/mol. The lowest BCUT2D eigenvalue weighted by molar-refractivity contribution is -0.132. The van der Waals surface area contributed by atoms with E-state index in [9.17, 15) is 14.4 Å². The van der Waals surface area contributed by atoms with Crippen LogP contribution in [0.1, 0.15) is 29.5 Å². The molecule has 1 N–H and O–H groups in total. The second kappa shape index (κ2) is 10.7. The molecule has 2 aromatic rings. The van der Waals surface area contributed by atoms with Gasteiger partial charge in [0.15, 0.2) is 11.5 Å². The van der Waals surface area contributed by atoms with Crippen molar-refractivity contribution in [2.45, 2.75) is 38.3 Å². The van der Waals surface area contributed by atoms with Crippen LogP contribution in [0.15, 0.2) is 36.4 Å². The predicted octanol–water partition coefficient (Wildman–Crippen LogP) is 2.54. The van der Waals surface area contributed by atoms with Crippen molar-refractivity contribution in [1.82, 2.24) is 15.1 Å². The second-order valence-electron chi connectivity index (χ2n) is 8.67. The number of methoxy groups -OCH3 is 3. The molecule has 2 aromatic carbocycles. The van der Waals surface area contributed by atoms with Crippen molar-refractivity contribution in [1.29, 1.82) is 0 Å². The van der Waals surface area contributed by atoms with Gasteiger partial charge in [-0.2, -0.15) is 0 Å². The fraction of sp³-hybridized carbons (Fsp3) is 0.423. The smallest absolute Gasteiger partial charge is 0.324 e. The van der Waals surface area contributed by atoms with E-state index < -0.39 is 12.1 Å². The van der Waals surface area contributed by atoms with Crippen molar-refractivity contribution >= 4 is 17.8 Å². The Labute approximate surface area is 204 Å². The summed E-state index contributed by atoms with van der Waals surface area (Å²) >= 11 is 0. The van der Waals surface area contributed by atoms with Gasteiger partial charge >= 0.3 is 6.03 Å². The summed E-state index contributed by atoms with van der Waals surface area (Å²) in [4.78, 5) is 41.1. The van der Waals surface area contributed by atoms with Crippen LogP contribution in [0, 0.1) is 0 Å². The average Bonchev–Trinajstić information content (AvgIpc) is 3.16. The number of urea groups is 1. The maximum atomic E-state index is 12.9. The van der Waals surface area contributed by atoms with Gasteiger partial charge in [-0.15, -0.1) is 0 Å². The van der Waals surface area contributed by atoms with Gasteiger partial charge in [0, 0.05) is 26.1 Å². The number of imide groups is 1. The van der Waals surface area contributed by atoms with Gasteiger partial charge in [0.05, 0.1) is 21.3 Å². The van der Waals surface area contributed by atoms with Crippen molar-refractivity contribution in [2.75, 3.05) is 34.4 Å². The molecule has 9 nitrogen and oxygen atoms in total. The molecule has 4 amide bonds. The largest absolute Gasteiger partial charge is 0.497 e. The van der Waals surface area contributed by atoms with E-state index >= 15 is 0 Å². The minimum absolute atomic E-state index is 0.0378. The van der Waals surface area contributed by atoms with E-state index in [1.54, 1.807) is 26.2 Å². The van der Waals surface area contributed by atoms with Crippen LogP contribution < -0.4 is 19.5 Å². The molecule has 2 heterocycles. The van der Waals surface area contributed by atoms with E-state index in [4.69, 9.17) is 14.2 Å². The Kier molecular flexibility index (Phi) is 7.43. The van der Waals surface area contributed by atoms with Gasteiger partial charge in [0.25, 0.3) is 5.91 Å². The molecule has 0 spiro atoms. The Morgan fingerprint density at radius 1 is 1.00 bits per heavy atom. The summed E-state index contributed by atoms with van der Waals surface area (Å²) in [5, 5.41) is 2.73. The number of amides is 4. The molecule has 1 saturated heterocycles. The fourth-order valence-corrected chi connectivity index (χ4v) is 4.54. The van der Waals surface area contributed by atoms with Gasteiger partial charge in [-0.25, -0.2) is 4.79 Å². The molecule has 4 rings (SSSR count). The van der Waals surface area contributed by atoms with Crippen molar-refractivity contribution in [3.05, 3.63) is 53.1 Å². The van der Waals surface area contributed by atoms with Crippen molar-refractivity contribution in [3.63, 3.8) is 0 Å². The first-order valence-electron chi connectivity index (χ1n) is 11.7.